The van der Waals surface area contributed by atoms with E-state index in [0.717, 1.165) is 10.5 Å². The minimum atomic E-state index is -1.49. The lowest BCUT2D eigenvalue weighted by Gasteiger charge is -2.20. The van der Waals surface area contributed by atoms with Gasteiger partial charge in [-0.15, -0.1) is 0 Å². The highest BCUT2D eigenvalue weighted by molar-refractivity contribution is 6.11. The molecule has 0 spiro atoms. The van der Waals surface area contributed by atoms with E-state index >= 15 is 0 Å². The van der Waals surface area contributed by atoms with E-state index in [1.165, 1.54) is 0 Å². The molecule has 0 aliphatic carbocycles. The van der Waals surface area contributed by atoms with Crippen LogP contribution in [0.4, 0.5) is 4.79 Å². The fourth-order valence-corrected chi connectivity index (χ4v) is 2.02. The quantitative estimate of drug-likeness (QED) is 0.618. The molecule has 1 heterocycles. The molecule has 6 heteroatoms. The van der Waals surface area contributed by atoms with Crippen LogP contribution in [0.1, 0.15) is 25.5 Å². The fraction of sp³-hybridized carbons (Fsp3) is 0.357. The Labute approximate surface area is 116 Å². The topological polar surface area (TPSA) is 72.9 Å². The highest BCUT2D eigenvalue weighted by Crippen LogP contribution is 2.26. The molecule has 1 unspecified atom stereocenters. The molecular weight excluding hydrogens is 262 g/mol. The Morgan fingerprint density at radius 2 is 2.00 bits per heavy atom. The van der Waals surface area contributed by atoms with Crippen molar-refractivity contribution in [3.05, 3.63) is 35.9 Å². The number of carbonyl (C=O) groups excluding carboxylic acids is 3. The van der Waals surface area contributed by atoms with Gasteiger partial charge in [0, 0.05) is 0 Å². The van der Waals surface area contributed by atoms with Crippen LogP contribution in [-0.4, -0.2) is 35.6 Å². The number of amides is 2. The van der Waals surface area contributed by atoms with E-state index in [1.54, 1.807) is 38.1 Å². The molecule has 2 atom stereocenters. The summed E-state index contributed by atoms with van der Waals surface area (Å²) in [5.41, 5.74) is 0.780. The molecule has 1 fully saturated rings. The summed E-state index contributed by atoms with van der Waals surface area (Å²) in [6.45, 7) is 3.43. The molecule has 1 saturated heterocycles. The van der Waals surface area contributed by atoms with Gasteiger partial charge in [0.2, 0.25) is 0 Å². The number of hydrogen-bond acceptors (Lipinski definition) is 5. The van der Waals surface area contributed by atoms with Gasteiger partial charge in [-0.1, -0.05) is 30.3 Å². The Morgan fingerprint density at radius 3 is 2.60 bits per heavy atom. The molecular formula is C14H15NO5. The van der Waals surface area contributed by atoms with E-state index in [4.69, 9.17) is 9.47 Å². The summed E-state index contributed by atoms with van der Waals surface area (Å²) >= 11 is 0. The van der Waals surface area contributed by atoms with Crippen molar-refractivity contribution in [3.8, 4) is 0 Å². The van der Waals surface area contributed by atoms with E-state index in [0.29, 0.717) is 0 Å². The van der Waals surface area contributed by atoms with Crippen LogP contribution in [0, 0.1) is 0 Å². The van der Waals surface area contributed by atoms with Gasteiger partial charge in [-0.05, 0) is 19.4 Å². The van der Waals surface area contributed by atoms with Crippen LogP contribution in [0.15, 0.2) is 30.3 Å². The molecule has 0 radical (unpaired) electrons. The Bertz CT molecular complexity index is 528. The normalized spacial score (nSPS) is 19.7. The lowest BCUT2D eigenvalue weighted by molar-refractivity contribution is -0.155. The predicted molar refractivity (Wildman–Crippen MR) is 68.6 cm³/mol. The summed E-state index contributed by atoms with van der Waals surface area (Å²) in [4.78, 5) is 36.4. The van der Waals surface area contributed by atoms with Crippen LogP contribution >= 0.6 is 0 Å². The highest BCUT2D eigenvalue weighted by atomic mass is 16.6. The summed E-state index contributed by atoms with van der Waals surface area (Å²) in [5.74, 6) is -1.53. The molecule has 2 amide bonds. The first-order chi connectivity index (χ1) is 9.56. The average molecular weight is 277 g/mol. The first-order valence-corrected chi connectivity index (χ1v) is 6.31. The minimum absolute atomic E-state index is 0.119. The predicted octanol–water partition coefficient (Wildman–Crippen LogP) is 1.66. The van der Waals surface area contributed by atoms with E-state index in [9.17, 15) is 14.4 Å². The Hall–Kier alpha value is -2.37. The molecule has 0 N–H and O–H groups in total. The van der Waals surface area contributed by atoms with Crippen molar-refractivity contribution >= 4 is 18.0 Å². The van der Waals surface area contributed by atoms with Crippen molar-refractivity contribution in [2.24, 2.45) is 0 Å². The standard InChI is InChI=1S/C14H15NO5/c1-3-19-13(17)11-12(16)15(14(18)20-11)9(2)10-7-5-4-6-8-10/h4-9,11H,3H2,1-2H3/t9-,11?/m1/s1. The number of imide groups is 1. The van der Waals surface area contributed by atoms with Gasteiger partial charge in [-0.2, -0.15) is 0 Å². The second kappa shape index (κ2) is 5.73. The van der Waals surface area contributed by atoms with E-state index in [1.807, 2.05) is 6.07 Å². The molecule has 20 heavy (non-hydrogen) atoms. The number of carbonyl (C=O) groups is 3. The summed E-state index contributed by atoms with van der Waals surface area (Å²) in [7, 11) is 0. The molecule has 1 aliphatic rings. The van der Waals surface area contributed by atoms with Crippen LogP contribution < -0.4 is 0 Å². The Kier molecular flexibility index (Phi) is 4.02. The molecule has 0 aromatic heterocycles. The molecule has 6 nitrogen and oxygen atoms in total. The van der Waals surface area contributed by atoms with Crippen molar-refractivity contribution in [2.45, 2.75) is 26.0 Å². The zero-order valence-electron chi connectivity index (χ0n) is 11.2. The number of hydrogen-bond donors (Lipinski definition) is 0. The molecule has 1 aromatic carbocycles. The minimum Gasteiger partial charge on any atom is -0.463 e. The maximum absolute atomic E-state index is 12.1. The van der Waals surface area contributed by atoms with Gasteiger partial charge in [0.1, 0.15) is 0 Å². The summed E-state index contributed by atoms with van der Waals surface area (Å²) in [6.07, 6.45) is -2.32. The maximum Gasteiger partial charge on any atom is 0.418 e. The monoisotopic (exact) mass is 277 g/mol. The molecule has 2 rings (SSSR count). The first-order valence-electron chi connectivity index (χ1n) is 6.31. The van der Waals surface area contributed by atoms with Crippen LogP contribution in [0.3, 0.4) is 0 Å². The van der Waals surface area contributed by atoms with Crippen LogP contribution in [0.5, 0.6) is 0 Å². The summed E-state index contributed by atoms with van der Waals surface area (Å²) < 4.78 is 9.52. The SMILES string of the molecule is CCOC(=O)C1OC(=O)N([C@H](C)c2ccccc2)C1=O. The molecule has 0 saturated carbocycles. The zero-order chi connectivity index (χ0) is 14.7. The van der Waals surface area contributed by atoms with Crippen molar-refractivity contribution in [2.75, 3.05) is 6.61 Å². The first kappa shape index (κ1) is 14.0. The summed E-state index contributed by atoms with van der Waals surface area (Å²) in [6, 6.07) is 8.53. The smallest absolute Gasteiger partial charge is 0.418 e. The third-order valence-electron chi connectivity index (χ3n) is 3.05. The average Bonchev–Trinajstić information content (AvgIpc) is 2.75. The van der Waals surface area contributed by atoms with Crippen LogP contribution in [0.25, 0.3) is 0 Å². The van der Waals surface area contributed by atoms with Crippen LogP contribution in [-0.2, 0) is 19.1 Å². The Balaban J connectivity index is 2.19. The van der Waals surface area contributed by atoms with E-state index in [-0.39, 0.29) is 6.61 Å². The third kappa shape index (κ3) is 2.49. The molecule has 106 valence electrons. The summed E-state index contributed by atoms with van der Waals surface area (Å²) in [5, 5.41) is 0. The van der Waals surface area contributed by atoms with Crippen molar-refractivity contribution in [1.29, 1.82) is 0 Å². The number of ether oxygens (including phenoxy) is 2. The van der Waals surface area contributed by atoms with Crippen molar-refractivity contribution < 1.29 is 23.9 Å². The lowest BCUT2D eigenvalue weighted by atomic mass is 10.1. The fourth-order valence-electron chi connectivity index (χ4n) is 2.02. The van der Waals surface area contributed by atoms with Gasteiger partial charge >= 0.3 is 12.1 Å². The van der Waals surface area contributed by atoms with Gasteiger partial charge in [-0.25, -0.2) is 14.5 Å². The Morgan fingerprint density at radius 1 is 1.35 bits per heavy atom. The lowest BCUT2D eigenvalue weighted by Crippen LogP contribution is -2.37. The van der Waals surface area contributed by atoms with E-state index < -0.39 is 30.1 Å². The molecule has 0 bridgehead atoms. The van der Waals surface area contributed by atoms with Gasteiger partial charge < -0.3 is 9.47 Å². The third-order valence-corrected chi connectivity index (χ3v) is 3.05. The van der Waals surface area contributed by atoms with Gasteiger partial charge in [0.15, 0.2) is 0 Å². The molecule has 1 aromatic rings. The number of nitrogens with zero attached hydrogens (tertiary/aromatic N) is 1. The second-order valence-corrected chi connectivity index (χ2v) is 4.31. The maximum atomic E-state index is 12.1. The number of rotatable bonds is 4. The second-order valence-electron chi connectivity index (χ2n) is 4.31. The zero-order valence-corrected chi connectivity index (χ0v) is 11.2. The van der Waals surface area contributed by atoms with Gasteiger partial charge in [0.25, 0.3) is 12.0 Å². The largest absolute Gasteiger partial charge is 0.463 e. The number of cyclic esters (lactones) is 1. The van der Waals surface area contributed by atoms with Crippen LogP contribution in [0.2, 0.25) is 0 Å². The highest BCUT2D eigenvalue weighted by Gasteiger charge is 2.48. The molecule has 1 aliphatic heterocycles. The van der Waals surface area contributed by atoms with E-state index in [2.05, 4.69) is 0 Å². The van der Waals surface area contributed by atoms with Crippen molar-refractivity contribution in [3.63, 3.8) is 0 Å². The van der Waals surface area contributed by atoms with Crippen molar-refractivity contribution in [1.82, 2.24) is 4.90 Å². The van der Waals surface area contributed by atoms with Gasteiger partial charge in [0.05, 0.1) is 12.6 Å². The number of benzene rings is 1. The number of esters is 1. The van der Waals surface area contributed by atoms with Gasteiger partial charge in [-0.3, -0.25) is 4.79 Å².